The van der Waals surface area contributed by atoms with Gasteiger partial charge in [-0.05, 0) is 36.4 Å². The van der Waals surface area contributed by atoms with Crippen molar-refractivity contribution in [2.75, 3.05) is 17.7 Å². The molecule has 0 aliphatic rings. The molecule has 0 saturated carbocycles. The van der Waals surface area contributed by atoms with Gasteiger partial charge in [-0.25, -0.2) is 0 Å². The first-order chi connectivity index (χ1) is 11.8. The van der Waals surface area contributed by atoms with Crippen molar-refractivity contribution in [3.8, 4) is 0 Å². The van der Waals surface area contributed by atoms with Crippen molar-refractivity contribution in [1.29, 1.82) is 0 Å². The number of carbonyl (C=O) groups excluding carboxylic acids is 2. The molecule has 2 aromatic rings. The van der Waals surface area contributed by atoms with Gasteiger partial charge < -0.3 is 10.1 Å². The fraction of sp³-hybridized carbons (Fsp3) is 0.125. The molecule has 0 heterocycles. The standard InChI is InChI=1S/C16H11BrCl3NO3S/c17-9-1-3-11(4-2-9)25-8-15(23)24-7-14(22)21-16-12(19)5-10(18)6-13(16)20/h1-6H,7-8H2,(H,21,22). The maximum atomic E-state index is 11.9. The van der Waals surface area contributed by atoms with Crippen LogP contribution < -0.4 is 5.32 Å². The summed E-state index contributed by atoms with van der Waals surface area (Å²) < 4.78 is 5.89. The van der Waals surface area contributed by atoms with E-state index in [2.05, 4.69) is 21.2 Å². The molecule has 25 heavy (non-hydrogen) atoms. The summed E-state index contributed by atoms with van der Waals surface area (Å²) in [7, 11) is 0. The van der Waals surface area contributed by atoms with Gasteiger partial charge in [-0.15, -0.1) is 11.8 Å². The second kappa shape index (κ2) is 9.69. The molecule has 2 aromatic carbocycles. The first kappa shape index (κ1) is 20.4. The average molecular weight is 484 g/mol. The number of ether oxygens (including phenoxy) is 1. The molecule has 0 fully saturated rings. The number of amides is 1. The van der Waals surface area contributed by atoms with Gasteiger partial charge in [-0.1, -0.05) is 50.7 Å². The lowest BCUT2D eigenvalue weighted by atomic mass is 10.3. The summed E-state index contributed by atoms with van der Waals surface area (Å²) in [5.41, 5.74) is 0.220. The van der Waals surface area contributed by atoms with Crippen molar-refractivity contribution in [1.82, 2.24) is 0 Å². The number of rotatable bonds is 6. The van der Waals surface area contributed by atoms with E-state index >= 15 is 0 Å². The molecule has 2 rings (SSSR count). The normalized spacial score (nSPS) is 10.4. The lowest BCUT2D eigenvalue weighted by Crippen LogP contribution is -2.22. The van der Waals surface area contributed by atoms with Crippen LogP contribution in [0.1, 0.15) is 0 Å². The number of thioether (sulfide) groups is 1. The van der Waals surface area contributed by atoms with Crippen molar-refractivity contribution in [3.63, 3.8) is 0 Å². The highest BCUT2D eigenvalue weighted by molar-refractivity contribution is 9.10. The lowest BCUT2D eigenvalue weighted by molar-refractivity contribution is -0.144. The molecule has 4 nitrogen and oxygen atoms in total. The SMILES string of the molecule is O=C(COC(=O)CSc1ccc(Br)cc1)Nc1c(Cl)cc(Cl)cc1Cl. The Morgan fingerprint density at radius 3 is 2.28 bits per heavy atom. The van der Waals surface area contributed by atoms with Gasteiger partial charge in [0.1, 0.15) is 0 Å². The summed E-state index contributed by atoms with van der Waals surface area (Å²) >= 11 is 22.4. The third-order valence-electron chi connectivity index (χ3n) is 2.81. The van der Waals surface area contributed by atoms with Crippen LogP contribution in [0.5, 0.6) is 0 Å². The van der Waals surface area contributed by atoms with Gasteiger partial charge in [0.25, 0.3) is 5.91 Å². The smallest absolute Gasteiger partial charge is 0.316 e. The average Bonchev–Trinajstić information content (AvgIpc) is 2.55. The molecule has 1 amide bonds. The number of carbonyl (C=O) groups is 2. The molecule has 0 aliphatic heterocycles. The topological polar surface area (TPSA) is 55.4 Å². The second-order valence-corrected chi connectivity index (χ2v) is 7.91. The number of hydrogen-bond acceptors (Lipinski definition) is 4. The highest BCUT2D eigenvalue weighted by atomic mass is 79.9. The highest BCUT2D eigenvalue weighted by Crippen LogP contribution is 2.33. The second-order valence-electron chi connectivity index (χ2n) is 4.70. The Bertz CT molecular complexity index is 764. The van der Waals surface area contributed by atoms with E-state index in [4.69, 9.17) is 39.5 Å². The molecule has 0 atom stereocenters. The Labute approximate surface area is 172 Å². The lowest BCUT2D eigenvalue weighted by Gasteiger charge is -2.10. The molecule has 0 aromatic heterocycles. The van der Waals surface area contributed by atoms with Gasteiger partial charge >= 0.3 is 5.97 Å². The quantitative estimate of drug-likeness (QED) is 0.424. The molecule has 0 aliphatic carbocycles. The summed E-state index contributed by atoms with van der Waals surface area (Å²) in [6.45, 7) is -0.436. The molecule has 1 N–H and O–H groups in total. The Morgan fingerprint density at radius 1 is 1.08 bits per heavy atom. The van der Waals surface area contributed by atoms with Crippen LogP contribution in [0, 0.1) is 0 Å². The van der Waals surface area contributed by atoms with E-state index in [1.165, 1.54) is 23.9 Å². The van der Waals surface area contributed by atoms with Crippen molar-refractivity contribution in [2.24, 2.45) is 0 Å². The Hall–Kier alpha value is -0.920. The number of nitrogens with one attached hydrogen (secondary N) is 1. The molecule has 0 spiro atoms. The van der Waals surface area contributed by atoms with E-state index in [9.17, 15) is 9.59 Å². The fourth-order valence-electron chi connectivity index (χ4n) is 1.70. The molecule has 9 heteroatoms. The minimum Gasteiger partial charge on any atom is -0.455 e. The van der Waals surface area contributed by atoms with E-state index in [0.29, 0.717) is 5.02 Å². The summed E-state index contributed by atoms with van der Waals surface area (Å²) in [5.74, 6) is -0.957. The summed E-state index contributed by atoms with van der Waals surface area (Å²) in [6.07, 6.45) is 0. The first-order valence-corrected chi connectivity index (χ1v) is 9.75. The molecule has 132 valence electrons. The predicted octanol–water partition coefficient (Wildman–Crippen LogP) is 5.68. The number of anilines is 1. The third kappa shape index (κ3) is 6.72. The zero-order chi connectivity index (χ0) is 18.4. The van der Waals surface area contributed by atoms with Crippen molar-refractivity contribution in [2.45, 2.75) is 4.90 Å². The minimum absolute atomic E-state index is 0.0946. The Morgan fingerprint density at radius 2 is 1.68 bits per heavy atom. The third-order valence-corrected chi connectivity index (χ3v) is 5.13. The maximum Gasteiger partial charge on any atom is 0.316 e. The molecule has 0 unspecified atom stereocenters. The van der Waals surface area contributed by atoms with Crippen LogP contribution in [0.2, 0.25) is 15.1 Å². The zero-order valence-electron chi connectivity index (χ0n) is 12.5. The number of esters is 1. The monoisotopic (exact) mass is 481 g/mol. The van der Waals surface area contributed by atoms with Gasteiger partial charge in [0.15, 0.2) is 6.61 Å². The van der Waals surface area contributed by atoms with Crippen LogP contribution in [0.3, 0.4) is 0 Å². The molecule has 0 radical (unpaired) electrons. The van der Waals surface area contributed by atoms with Crippen molar-refractivity contribution >= 4 is 80.1 Å². The van der Waals surface area contributed by atoms with E-state index in [1.54, 1.807) is 0 Å². The van der Waals surface area contributed by atoms with E-state index in [1.807, 2.05) is 24.3 Å². The van der Waals surface area contributed by atoms with E-state index in [0.717, 1.165) is 9.37 Å². The van der Waals surface area contributed by atoms with Gasteiger partial charge in [-0.3, -0.25) is 9.59 Å². The fourth-order valence-corrected chi connectivity index (χ4v) is 3.57. The highest BCUT2D eigenvalue weighted by Gasteiger charge is 2.13. The van der Waals surface area contributed by atoms with Crippen LogP contribution >= 0.6 is 62.5 Å². The zero-order valence-corrected chi connectivity index (χ0v) is 17.2. The van der Waals surface area contributed by atoms with Gasteiger partial charge in [-0.2, -0.15) is 0 Å². The number of benzene rings is 2. The van der Waals surface area contributed by atoms with Gasteiger partial charge in [0.2, 0.25) is 0 Å². The summed E-state index contributed by atoms with van der Waals surface area (Å²) in [5, 5.41) is 3.24. The molecule has 0 bridgehead atoms. The van der Waals surface area contributed by atoms with Gasteiger partial charge in [0, 0.05) is 14.4 Å². The minimum atomic E-state index is -0.548. The first-order valence-electron chi connectivity index (χ1n) is 6.83. The Kier molecular flexibility index (Phi) is 7.90. The van der Waals surface area contributed by atoms with Crippen LogP contribution in [-0.4, -0.2) is 24.2 Å². The van der Waals surface area contributed by atoms with E-state index < -0.39 is 18.5 Å². The Balaban J connectivity index is 1.79. The van der Waals surface area contributed by atoms with Crippen LogP contribution in [-0.2, 0) is 14.3 Å². The van der Waals surface area contributed by atoms with Crippen molar-refractivity contribution in [3.05, 3.63) is 55.9 Å². The summed E-state index contributed by atoms with van der Waals surface area (Å²) in [4.78, 5) is 24.5. The largest absolute Gasteiger partial charge is 0.455 e. The molecular formula is C16H11BrCl3NO3S. The van der Waals surface area contributed by atoms with Gasteiger partial charge in [0.05, 0.1) is 21.5 Å². The van der Waals surface area contributed by atoms with Crippen LogP contribution in [0.25, 0.3) is 0 Å². The van der Waals surface area contributed by atoms with Crippen LogP contribution in [0.4, 0.5) is 5.69 Å². The van der Waals surface area contributed by atoms with E-state index in [-0.39, 0.29) is 21.5 Å². The molecule has 0 saturated heterocycles. The predicted molar refractivity (Wildman–Crippen MR) is 106 cm³/mol. The van der Waals surface area contributed by atoms with Crippen molar-refractivity contribution < 1.29 is 14.3 Å². The summed E-state index contributed by atoms with van der Waals surface area (Å²) in [6, 6.07) is 10.4. The number of halogens is 4. The molecular weight excluding hydrogens is 473 g/mol. The maximum absolute atomic E-state index is 11.9. The van der Waals surface area contributed by atoms with Crippen LogP contribution in [0.15, 0.2) is 45.8 Å². The number of hydrogen-bond donors (Lipinski definition) is 1.